The number of hydrogen-bond donors (Lipinski definition) is 1. The van der Waals surface area contributed by atoms with Crippen LogP contribution < -0.4 is 5.73 Å². The SMILES string of the molecule is Nc1cccc(-c2nc3nccnc3s2)n1. The summed E-state index contributed by atoms with van der Waals surface area (Å²) in [5.41, 5.74) is 7.02. The zero-order valence-corrected chi connectivity index (χ0v) is 8.98. The first-order valence-corrected chi connectivity index (χ1v) is 5.45. The summed E-state index contributed by atoms with van der Waals surface area (Å²) < 4.78 is 0. The Morgan fingerprint density at radius 3 is 2.75 bits per heavy atom. The van der Waals surface area contributed by atoms with Crippen LogP contribution in [0.3, 0.4) is 0 Å². The normalized spacial score (nSPS) is 10.8. The fourth-order valence-corrected chi connectivity index (χ4v) is 2.19. The molecule has 0 unspecified atom stereocenters. The zero-order chi connectivity index (χ0) is 11.0. The maximum absolute atomic E-state index is 5.62. The third kappa shape index (κ3) is 1.49. The minimum atomic E-state index is 0.484. The second-order valence-corrected chi connectivity index (χ2v) is 4.13. The van der Waals surface area contributed by atoms with E-state index in [-0.39, 0.29) is 0 Å². The predicted molar refractivity (Wildman–Crippen MR) is 62.9 cm³/mol. The predicted octanol–water partition coefficient (Wildman–Crippen LogP) is 1.73. The van der Waals surface area contributed by atoms with Gasteiger partial charge in [-0.05, 0) is 12.1 Å². The van der Waals surface area contributed by atoms with Crippen molar-refractivity contribution in [1.29, 1.82) is 0 Å². The minimum absolute atomic E-state index is 0.484. The molecule has 0 saturated heterocycles. The van der Waals surface area contributed by atoms with E-state index in [1.165, 1.54) is 11.3 Å². The van der Waals surface area contributed by atoms with Crippen LogP contribution in [0, 0.1) is 0 Å². The molecule has 0 aromatic carbocycles. The standard InChI is InChI=1S/C10H7N5S/c11-7-3-1-2-6(14-7)9-15-8-10(16-9)13-5-4-12-8/h1-5H,(H2,11,14). The third-order valence-electron chi connectivity index (χ3n) is 2.04. The van der Waals surface area contributed by atoms with E-state index in [1.807, 2.05) is 12.1 Å². The van der Waals surface area contributed by atoms with E-state index in [9.17, 15) is 0 Å². The molecule has 3 rings (SSSR count). The molecule has 2 N–H and O–H groups in total. The van der Waals surface area contributed by atoms with Crippen LogP contribution in [0.25, 0.3) is 21.2 Å². The molecule has 0 atom stereocenters. The quantitative estimate of drug-likeness (QED) is 0.687. The molecule has 3 aromatic heterocycles. The van der Waals surface area contributed by atoms with Crippen LogP contribution in [0.2, 0.25) is 0 Å². The number of rotatable bonds is 1. The van der Waals surface area contributed by atoms with Crippen molar-refractivity contribution >= 4 is 27.6 Å². The van der Waals surface area contributed by atoms with Crippen molar-refractivity contribution in [2.24, 2.45) is 0 Å². The van der Waals surface area contributed by atoms with E-state index in [0.29, 0.717) is 11.5 Å². The van der Waals surface area contributed by atoms with Crippen LogP contribution in [-0.4, -0.2) is 19.9 Å². The maximum Gasteiger partial charge on any atom is 0.190 e. The van der Waals surface area contributed by atoms with E-state index in [0.717, 1.165) is 15.5 Å². The molecule has 0 bridgehead atoms. The van der Waals surface area contributed by atoms with Crippen LogP contribution in [0.5, 0.6) is 0 Å². The van der Waals surface area contributed by atoms with Gasteiger partial charge in [-0.15, -0.1) is 0 Å². The van der Waals surface area contributed by atoms with Gasteiger partial charge in [0, 0.05) is 12.4 Å². The number of nitrogen functional groups attached to an aromatic ring is 1. The minimum Gasteiger partial charge on any atom is -0.384 e. The Morgan fingerprint density at radius 2 is 1.94 bits per heavy atom. The molecule has 6 heteroatoms. The lowest BCUT2D eigenvalue weighted by Crippen LogP contribution is -1.90. The van der Waals surface area contributed by atoms with Crippen LogP contribution in [0.15, 0.2) is 30.6 Å². The molecule has 0 radical (unpaired) electrons. The number of aromatic nitrogens is 4. The van der Waals surface area contributed by atoms with Crippen LogP contribution in [0.4, 0.5) is 5.82 Å². The van der Waals surface area contributed by atoms with Gasteiger partial charge < -0.3 is 5.73 Å². The van der Waals surface area contributed by atoms with E-state index in [1.54, 1.807) is 18.5 Å². The topological polar surface area (TPSA) is 77.6 Å². The molecule has 16 heavy (non-hydrogen) atoms. The monoisotopic (exact) mass is 229 g/mol. The summed E-state index contributed by atoms with van der Waals surface area (Å²) in [6, 6.07) is 5.46. The molecule has 0 saturated carbocycles. The fourth-order valence-electron chi connectivity index (χ4n) is 1.36. The van der Waals surface area contributed by atoms with Crippen LogP contribution in [-0.2, 0) is 0 Å². The lowest BCUT2D eigenvalue weighted by Gasteiger charge is -1.95. The maximum atomic E-state index is 5.62. The first-order chi connectivity index (χ1) is 7.83. The highest BCUT2D eigenvalue weighted by molar-refractivity contribution is 7.21. The van der Waals surface area contributed by atoms with E-state index >= 15 is 0 Å². The summed E-state index contributed by atoms with van der Waals surface area (Å²) in [6.07, 6.45) is 3.27. The number of thiazole rings is 1. The Morgan fingerprint density at radius 1 is 1.06 bits per heavy atom. The number of fused-ring (bicyclic) bond motifs is 1. The second-order valence-electron chi connectivity index (χ2n) is 3.15. The van der Waals surface area contributed by atoms with Crippen molar-refractivity contribution in [3.05, 3.63) is 30.6 Å². The lowest BCUT2D eigenvalue weighted by molar-refractivity contribution is 1.25. The second kappa shape index (κ2) is 3.49. The third-order valence-corrected chi connectivity index (χ3v) is 3.01. The molecule has 0 aliphatic rings. The number of hydrogen-bond acceptors (Lipinski definition) is 6. The summed E-state index contributed by atoms with van der Waals surface area (Å²) in [4.78, 5) is 17.7. The van der Waals surface area contributed by atoms with Crippen LogP contribution in [0.1, 0.15) is 0 Å². The number of nitrogens with two attached hydrogens (primary N) is 1. The first-order valence-electron chi connectivity index (χ1n) is 4.63. The summed E-state index contributed by atoms with van der Waals surface area (Å²) in [5.74, 6) is 0.484. The van der Waals surface area contributed by atoms with Crippen LogP contribution >= 0.6 is 11.3 Å². The molecule has 0 amide bonds. The molecule has 0 aliphatic carbocycles. The van der Waals surface area contributed by atoms with Gasteiger partial charge in [-0.25, -0.2) is 19.9 Å². The van der Waals surface area contributed by atoms with Crippen molar-refractivity contribution in [1.82, 2.24) is 19.9 Å². The molecular weight excluding hydrogens is 222 g/mol. The molecule has 78 valence electrons. The Labute approximate surface area is 95.0 Å². The van der Waals surface area contributed by atoms with Crippen molar-refractivity contribution in [3.8, 4) is 10.7 Å². The molecule has 0 aliphatic heterocycles. The molecule has 5 nitrogen and oxygen atoms in total. The van der Waals surface area contributed by atoms with Crippen molar-refractivity contribution in [2.45, 2.75) is 0 Å². The lowest BCUT2D eigenvalue weighted by atomic mass is 10.3. The van der Waals surface area contributed by atoms with Crippen molar-refractivity contribution in [2.75, 3.05) is 5.73 Å². The largest absolute Gasteiger partial charge is 0.384 e. The molecule has 3 heterocycles. The highest BCUT2D eigenvalue weighted by Gasteiger charge is 2.08. The van der Waals surface area contributed by atoms with Gasteiger partial charge in [-0.2, -0.15) is 0 Å². The Kier molecular flexibility index (Phi) is 2.00. The Balaban J connectivity index is 2.19. The fraction of sp³-hybridized carbons (Fsp3) is 0. The van der Waals surface area contributed by atoms with E-state index < -0.39 is 0 Å². The summed E-state index contributed by atoms with van der Waals surface area (Å²) in [5, 5.41) is 0.786. The Hall–Kier alpha value is -2.08. The van der Waals surface area contributed by atoms with Crippen molar-refractivity contribution in [3.63, 3.8) is 0 Å². The van der Waals surface area contributed by atoms with Gasteiger partial charge in [0.25, 0.3) is 0 Å². The van der Waals surface area contributed by atoms with Gasteiger partial charge in [0.1, 0.15) is 16.5 Å². The zero-order valence-electron chi connectivity index (χ0n) is 8.16. The van der Waals surface area contributed by atoms with Gasteiger partial charge in [0.15, 0.2) is 10.5 Å². The molecule has 3 aromatic rings. The summed E-state index contributed by atoms with van der Waals surface area (Å²) in [6.45, 7) is 0. The van der Waals surface area contributed by atoms with E-state index in [4.69, 9.17) is 5.73 Å². The summed E-state index contributed by atoms with van der Waals surface area (Å²) in [7, 11) is 0. The average Bonchev–Trinajstić information content (AvgIpc) is 2.72. The average molecular weight is 229 g/mol. The molecule has 0 spiro atoms. The number of pyridine rings is 1. The highest BCUT2D eigenvalue weighted by Crippen LogP contribution is 2.26. The van der Waals surface area contributed by atoms with Gasteiger partial charge in [-0.1, -0.05) is 17.4 Å². The first kappa shape index (κ1) is 9.17. The Bertz CT molecular complexity index is 615. The molecule has 0 fully saturated rings. The molecular formula is C10H7N5S. The van der Waals surface area contributed by atoms with Gasteiger partial charge >= 0.3 is 0 Å². The number of nitrogens with zero attached hydrogens (tertiary/aromatic N) is 4. The highest BCUT2D eigenvalue weighted by atomic mass is 32.1. The summed E-state index contributed by atoms with van der Waals surface area (Å²) >= 11 is 1.46. The van der Waals surface area contributed by atoms with Gasteiger partial charge in [0.2, 0.25) is 0 Å². The van der Waals surface area contributed by atoms with Gasteiger partial charge in [0.05, 0.1) is 0 Å². The van der Waals surface area contributed by atoms with E-state index in [2.05, 4.69) is 19.9 Å². The number of anilines is 1. The van der Waals surface area contributed by atoms with Gasteiger partial charge in [-0.3, -0.25) is 0 Å². The van der Waals surface area contributed by atoms with Crippen molar-refractivity contribution < 1.29 is 0 Å². The smallest absolute Gasteiger partial charge is 0.190 e.